The predicted octanol–water partition coefficient (Wildman–Crippen LogP) is 3.80. The van der Waals surface area contributed by atoms with Gasteiger partial charge in [-0.05, 0) is 36.8 Å². The molecular weight excluding hydrogens is 260 g/mol. The minimum atomic E-state index is -0.272. The summed E-state index contributed by atoms with van der Waals surface area (Å²) in [6.07, 6.45) is 3.63. The van der Waals surface area contributed by atoms with Crippen LogP contribution >= 0.6 is 0 Å². The van der Waals surface area contributed by atoms with Gasteiger partial charge >= 0.3 is 5.97 Å². The number of carbonyl (C=O) groups is 1. The van der Waals surface area contributed by atoms with Crippen LogP contribution in [-0.4, -0.2) is 12.6 Å². The van der Waals surface area contributed by atoms with Crippen molar-refractivity contribution in [1.29, 1.82) is 0 Å². The minimum absolute atomic E-state index is 0.0191. The second-order valence-electron chi connectivity index (χ2n) is 5.83. The van der Waals surface area contributed by atoms with Gasteiger partial charge in [0.05, 0.1) is 0 Å². The molecule has 2 aromatic carbocycles. The molecule has 0 saturated carbocycles. The van der Waals surface area contributed by atoms with Gasteiger partial charge in [0.1, 0.15) is 12.0 Å². The summed E-state index contributed by atoms with van der Waals surface area (Å²) in [4.78, 5) is 12.0. The standard InChI is InChI=1S/C19H20O2/c20-18-19(15-21-18,13-11-16-7-3-1-4-8-16)14-12-17-9-5-2-6-10-17/h1-10H,11-15H2. The highest BCUT2D eigenvalue weighted by Gasteiger charge is 2.48. The van der Waals surface area contributed by atoms with Crippen molar-refractivity contribution in [3.8, 4) is 0 Å². The average Bonchev–Trinajstić information content (AvgIpc) is 2.55. The van der Waals surface area contributed by atoms with Crippen LogP contribution in [0.4, 0.5) is 0 Å². The van der Waals surface area contributed by atoms with Crippen LogP contribution in [0, 0.1) is 5.41 Å². The number of esters is 1. The van der Waals surface area contributed by atoms with Gasteiger partial charge in [-0.2, -0.15) is 0 Å². The van der Waals surface area contributed by atoms with Gasteiger partial charge in [0.2, 0.25) is 0 Å². The third kappa shape index (κ3) is 3.15. The highest BCUT2D eigenvalue weighted by molar-refractivity contribution is 5.81. The number of ether oxygens (including phenoxy) is 1. The van der Waals surface area contributed by atoms with Crippen molar-refractivity contribution in [3.05, 3.63) is 71.8 Å². The van der Waals surface area contributed by atoms with Crippen LogP contribution in [0.1, 0.15) is 24.0 Å². The fourth-order valence-electron chi connectivity index (χ4n) is 2.87. The van der Waals surface area contributed by atoms with Crippen molar-refractivity contribution in [2.45, 2.75) is 25.7 Å². The smallest absolute Gasteiger partial charge is 0.315 e. The Morgan fingerprint density at radius 1 is 0.810 bits per heavy atom. The van der Waals surface area contributed by atoms with Gasteiger partial charge in [-0.3, -0.25) is 4.79 Å². The number of hydrogen-bond donors (Lipinski definition) is 0. The molecule has 1 heterocycles. The Morgan fingerprint density at radius 3 is 1.62 bits per heavy atom. The monoisotopic (exact) mass is 280 g/mol. The van der Waals surface area contributed by atoms with Crippen LogP contribution in [0.15, 0.2) is 60.7 Å². The summed E-state index contributed by atoms with van der Waals surface area (Å²) < 4.78 is 5.08. The zero-order valence-electron chi connectivity index (χ0n) is 12.1. The molecule has 21 heavy (non-hydrogen) atoms. The zero-order chi connectivity index (χ0) is 14.5. The van der Waals surface area contributed by atoms with Gasteiger partial charge in [-0.15, -0.1) is 0 Å². The van der Waals surface area contributed by atoms with E-state index in [0.717, 1.165) is 25.7 Å². The molecule has 0 atom stereocenters. The lowest BCUT2D eigenvalue weighted by Gasteiger charge is -2.39. The molecule has 2 nitrogen and oxygen atoms in total. The third-order valence-electron chi connectivity index (χ3n) is 4.38. The first kappa shape index (κ1) is 13.9. The van der Waals surface area contributed by atoms with E-state index >= 15 is 0 Å². The fourth-order valence-corrected chi connectivity index (χ4v) is 2.87. The molecule has 0 amide bonds. The number of hydrogen-bond acceptors (Lipinski definition) is 2. The van der Waals surface area contributed by atoms with E-state index in [1.54, 1.807) is 0 Å². The average molecular weight is 280 g/mol. The molecule has 1 fully saturated rings. The third-order valence-corrected chi connectivity index (χ3v) is 4.38. The molecular formula is C19H20O2. The van der Waals surface area contributed by atoms with Gasteiger partial charge in [0.25, 0.3) is 0 Å². The van der Waals surface area contributed by atoms with E-state index in [1.807, 2.05) is 36.4 Å². The van der Waals surface area contributed by atoms with Crippen molar-refractivity contribution in [2.75, 3.05) is 6.61 Å². The van der Waals surface area contributed by atoms with Gasteiger partial charge in [-0.1, -0.05) is 60.7 Å². The Hall–Kier alpha value is -2.09. The maximum absolute atomic E-state index is 12.0. The quantitative estimate of drug-likeness (QED) is 0.752. The van der Waals surface area contributed by atoms with E-state index in [2.05, 4.69) is 24.3 Å². The molecule has 3 rings (SSSR count). The molecule has 0 spiro atoms. The molecule has 0 bridgehead atoms. The summed E-state index contributed by atoms with van der Waals surface area (Å²) in [5, 5.41) is 0. The molecule has 0 N–H and O–H groups in total. The largest absolute Gasteiger partial charge is 0.464 e. The normalized spacial score (nSPS) is 16.1. The summed E-state index contributed by atoms with van der Waals surface area (Å²) in [5.74, 6) is -0.0191. The van der Waals surface area contributed by atoms with Crippen LogP contribution in [0.25, 0.3) is 0 Å². The summed E-state index contributed by atoms with van der Waals surface area (Å²) >= 11 is 0. The lowest BCUT2D eigenvalue weighted by Crippen LogP contribution is -2.48. The minimum Gasteiger partial charge on any atom is -0.464 e. The van der Waals surface area contributed by atoms with Gasteiger partial charge in [0.15, 0.2) is 0 Å². The van der Waals surface area contributed by atoms with Crippen LogP contribution in [-0.2, 0) is 22.4 Å². The maximum Gasteiger partial charge on any atom is 0.315 e. The van der Waals surface area contributed by atoms with Gasteiger partial charge in [0, 0.05) is 0 Å². The molecule has 2 heteroatoms. The van der Waals surface area contributed by atoms with E-state index in [-0.39, 0.29) is 11.4 Å². The Balaban J connectivity index is 1.62. The van der Waals surface area contributed by atoms with E-state index in [9.17, 15) is 4.79 Å². The fraction of sp³-hybridized carbons (Fsp3) is 0.316. The van der Waals surface area contributed by atoms with Crippen molar-refractivity contribution < 1.29 is 9.53 Å². The Morgan fingerprint density at radius 2 is 1.29 bits per heavy atom. The number of cyclic esters (lactones) is 1. The first-order chi connectivity index (χ1) is 10.3. The second kappa shape index (κ2) is 6.13. The molecule has 108 valence electrons. The zero-order valence-corrected chi connectivity index (χ0v) is 12.1. The molecule has 0 radical (unpaired) electrons. The molecule has 0 aliphatic carbocycles. The lowest BCUT2D eigenvalue weighted by atomic mass is 9.75. The van der Waals surface area contributed by atoms with E-state index < -0.39 is 0 Å². The Bertz CT molecular complexity index is 546. The van der Waals surface area contributed by atoms with E-state index in [1.165, 1.54) is 11.1 Å². The van der Waals surface area contributed by atoms with Gasteiger partial charge < -0.3 is 4.74 Å². The molecule has 2 aromatic rings. The van der Waals surface area contributed by atoms with Crippen LogP contribution in [0.5, 0.6) is 0 Å². The van der Waals surface area contributed by atoms with E-state index in [0.29, 0.717) is 6.61 Å². The first-order valence-corrected chi connectivity index (χ1v) is 7.54. The number of benzene rings is 2. The number of aryl methyl sites for hydroxylation is 2. The van der Waals surface area contributed by atoms with Crippen LogP contribution < -0.4 is 0 Å². The Labute approximate surface area is 125 Å². The van der Waals surface area contributed by atoms with Crippen molar-refractivity contribution in [2.24, 2.45) is 5.41 Å². The molecule has 1 saturated heterocycles. The second-order valence-corrected chi connectivity index (χ2v) is 5.83. The molecule has 1 aliphatic heterocycles. The molecule has 0 aromatic heterocycles. The summed E-state index contributed by atoms with van der Waals surface area (Å²) in [7, 11) is 0. The topological polar surface area (TPSA) is 26.3 Å². The van der Waals surface area contributed by atoms with Crippen LogP contribution in [0.2, 0.25) is 0 Å². The summed E-state index contributed by atoms with van der Waals surface area (Å²) in [6.45, 7) is 0.575. The van der Waals surface area contributed by atoms with Crippen molar-refractivity contribution in [3.63, 3.8) is 0 Å². The summed E-state index contributed by atoms with van der Waals surface area (Å²) in [6, 6.07) is 20.7. The SMILES string of the molecule is O=C1OCC1(CCc1ccccc1)CCc1ccccc1. The van der Waals surface area contributed by atoms with Crippen molar-refractivity contribution >= 4 is 5.97 Å². The number of rotatable bonds is 6. The first-order valence-electron chi connectivity index (χ1n) is 7.54. The summed E-state index contributed by atoms with van der Waals surface area (Å²) in [5.41, 5.74) is 2.30. The lowest BCUT2D eigenvalue weighted by molar-refractivity contribution is -0.187. The van der Waals surface area contributed by atoms with Crippen LogP contribution in [0.3, 0.4) is 0 Å². The van der Waals surface area contributed by atoms with Crippen molar-refractivity contribution in [1.82, 2.24) is 0 Å². The van der Waals surface area contributed by atoms with Gasteiger partial charge in [-0.25, -0.2) is 0 Å². The van der Waals surface area contributed by atoms with E-state index in [4.69, 9.17) is 4.74 Å². The molecule has 0 unspecified atom stereocenters. The maximum atomic E-state index is 12.0. The predicted molar refractivity (Wildman–Crippen MR) is 82.9 cm³/mol. The number of carbonyl (C=O) groups excluding carboxylic acids is 1. The molecule has 1 aliphatic rings. The highest BCUT2D eigenvalue weighted by atomic mass is 16.6. The highest BCUT2D eigenvalue weighted by Crippen LogP contribution is 2.39. The Kier molecular flexibility index (Phi) is 4.05.